The van der Waals surface area contributed by atoms with Crippen LogP contribution in [-0.4, -0.2) is 0 Å². The van der Waals surface area contributed by atoms with Gasteiger partial charge < -0.3 is 0 Å². The lowest BCUT2D eigenvalue weighted by molar-refractivity contribution is 0.660. The summed E-state index contributed by atoms with van der Waals surface area (Å²) in [5, 5.41) is 10.5. The normalized spacial score (nSPS) is 15.4. The molecule has 14 rings (SSSR count). The zero-order valence-electron chi connectivity index (χ0n) is 39.0. The Morgan fingerprint density at radius 1 is 0.224 bits per heavy atom. The van der Waals surface area contributed by atoms with E-state index in [4.69, 9.17) is 0 Å². The van der Waals surface area contributed by atoms with Gasteiger partial charge in [-0.3, -0.25) is 0 Å². The Kier molecular flexibility index (Phi) is 7.68. The monoisotopic (exact) mass is 854 g/mol. The molecule has 11 aromatic carbocycles. The van der Waals surface area contributed by atoms with E-state index in [1.807, 2.05) is 0 Å². The summed E-state index contributed by atoms with van der Waals surface area (Å²) in [6.45, 7) is 14.4. The van der Waals surface area contributed by atoms with E-state index in [0.29, 0.717) is 0 Å². The first-order valence-corrected chi connectivity index (χ1v) is 24.1. The molecule has 67 heavy (non-hydrogen) atoms. The number of benzene rings is 11. The fourth-order valence-corrected chi connectivity index (χ4v) is 13.4. The van der Waals surface area contributed by atoms with E-state index >= 15 is 0 Å². The first-order chi connectivity index (χ1) is 32.5. The van der Waals surface area contributed by atoms with Crippen LogP contribution in [0.1, 0.15) is 74.9 Å². The van der Waals surface area contributed by atoms with Gasteiger partial charge in [0.2, 0.25) is 0 Å². The van der Waals surface area contributed by atoms with Crippen molar-refractivity contribution in [1.29, 1.82) is 0 Å². The molecule has 0 amide bonds. The molecule has 0 aliphatic heterocycles. The predicted molar refractivity (Wildman–Crippen MR) is 285 cm³/mol. The van der Waals surface area contributed by atoms with Crippen LogP contribution in [0.4, 0.5) is 0 Å². The van der Waals surface area contributed by atoms with E-state index in [1.165, 1.54) is 143 Å². The molecule has 0 heterocycles. The summed E-state index contributed by atoms with van der Waals surface area (Å²) in [6.07, 6.45) is 0. The highest BCUT2D eigenvalue weighted by Crippen LogP contribution is 2.57. The van der Waals surface area contributed by atoms with E-state index in [2.05, 4.69) is 236 Å². The number of hydrogen-bond donors (Lipinski definition) is 0. The molecule has 0 bridgehead atoms. The Hall–Kier alpha value is -7.54. The van der Waals surface area contributed by atoms with Crippen LogP contribution in [0, 0.1) is 0 Å². The van der Waals surface area contributed by atoms with Crippen molar-refractivity contribution in [1.82, 2.24) is 0 Å². The van der Waals surface area contributed by atoms with Crippen LogP contribution in [-0.2, 0) is 16.2 Å². The highest BCUT2D eigenvalue weighted by molar-refractivity contribution is 6.23. The summed E-state index contributed by atoms with van der Waals surface area (Å²) < 4.78 is 0. The van der Waals surface area contributed by atoms with Gasteiger partial charge in [-0.25, -0.2) is 0 Å². The molecular weight excluding hydrogens is 805 g/mol. The van der Waals surface area contributed by atoms with Crippen molar-refractivity contribution in [2.45, 2.75) is 57.8 Å². The number of hydrogen-bond acceptors (Lipinski definition) is 0. The van der Waals surface area contributed by atoms with E-state index in [9.17, 15) is 0 Å². The van der Waals surface area contributed by atoms with Gasteiger partial charge >= 0.3 is 0 Å². The van der Waals surface area contributed by atoms with Crippen molar-refractivity contribution >= 4 is 43.1 Å². The molecule has 0 N–H and O–H groups in total. The SMILES string of the molecule is CC1(C)c2ccccc2-c2ccc(-c3c4ccccc4c(-c4ccc5c(c4)C(C)(C)c4ccccc4-5)c4cc(-c5ccc6c(c5)-c5c(c7ccccc7c7ccccc57)C6(C)C)ccc34)cc21. The third-order valence-corrected chi connectivity index (χ3v) is 16.6. The Labute approximate surface area is 393 Å². The fraction of sp³-hybridized carbons (Fsp3) is 0.134. The maximum absolute atomic E-state index is 2.52. The quantitative estimate of drug-likeness (QED) is 0.123. The smallest absolute Gasteiger partial charge is 0.0165 e. The van der Waals surface area contributed by atoms with Crippen LogP contribution in [0.3, 0.4) is 0 Å². The molecule has 0 unspecified atom stereocenters. The standard InChI is InChI=1S/C67H50/c1-65(2)56-25-15-13-19-45(56)47-31-28-41(37-59(47)65)61-50-22-10-11-23-51(50)62(42-29-32-48-46-20-14-16-26-57(46)66(3,4)60(48)38-42)54-35-39(27-33-52(54)61)40-30-34-58-55(36-40)63-49-21-9-7-17-43(49)44-18-8-12-24-53(44)64(63)67(58,5)6/h7-38H,1-6H3. The minimum atomic E-state index is -0.149. The maximum atomic E-state index is 2.52. The molecule has 0 heteroatoms. The van der Waals surface area contributed by atoms with Crippen LogP contribution in [0.25, 0.3) is 110 Å². The van der Waals surface area contributed by atoms with Gasteiger partial charge in [-0.2, -0.15) is 0 Å². The lowest BCUT2D eigenvalue weighted by atomic mass is 9.79. The molecule has 3 aliphatic rings. The molecule has 0 radical (unpaired) electrons. The van der Waals surface area contributed by atoms with Crippen LogP contribution in [0.15, 0.2) is 194 Å². The maximum Gasteiger partial charge on any atom is 0.0165 e. The van der Waals surface area contributed by atoms with Crippen molar-refractivity contribution in [3.8, 4) is 66.8 Å². The molecule has 0 saturated carbocycles. The Morgan fingerprint density at radius 2 is 0.612 bits per heavy atom. The largest absolute Gasteiger partial charge is 0.0619 e. The molecular formula is C67H50. The summed E-state index contributed by atoms with van der Waals surface area (Å²) in [5.41, 5.74) is 23.8. The molecule has 0 fully saturated rings. The van der Waals surface area contributed by atoms with Crippen LogP contribution in [0.5, 0.6) is 0 Å². The van der Waals surface area contributed by atoms with E-state index < -0.39 is 0 Å². The Balaban J connectivity index is 1.04. The molecule has 318 valence electrons. The van der Waals surface area contributed by atoms with Crippen LogP contribution >= 0.6 is 0 Å². The average Bonchev–Trinajstić information content (AvgIpc) is 3.84. The number of fused-ring (bicyclic) bond motifs is 16. The first-order valence-electron chi connectivity index (χ1n) is 24.1. The minimum Gasteiger partial charge on any atom is -0.0619 e. The van der Waals surface area contributed by atoms with E-state index in [0.717, 1.165) is 0 Å². The van der Waals surface area contributed by atoms with Crippen LogP contribution in [0.2, 0.25) is 0 Å². The highest BCUT2D eigenvalue weighted by atomic mass is 14.4. The van der Waals surface area contributed by atoms with Crippen molar-refractivity contribution in [3.05, 3.63) is 228 Å². The second-order valence-electron chi connectivity index (χ2n) is 21.1. The Morgan fingerprint density at radius 3 is 1.19 bits per heavy atom. The van der Waals surface area contributed by atoms with Gasteiger partial charge in [0.1, 0.15) is 0 Å². The molecule has 0 aromatic heterocycles. The van der Waals surface area contributed by atoms with Crippen LogP contribution < -0.4 is 0 Å². The van der Waals surface area contributed by atoms with Gasteiger partial charge in [0.15, 0.2) is 0 Å². The lowest BCUT2D eigenvalue weighted by Crippen LogP contribution is -2.15. The summed E-state index contributed by atoms with van der Waals surface area (Å²) in [6, 6.07) is 74.4. The van der Waals surface area contributed by atoms with Gasteiger partial charge in [0.25, 0.3) is 0 Å². The molecule has 11 aromatic rings. The lowest BCUT2D eigenvalue weighted by Gasteiger charge is -2.24. The summed E-state index contributed by atoms with van der Waals surface area (Å²) in [7, 11) is 0. The third-order valence-electron chi connectivity index (χ3n) is 16.6. The summed E-state index contributed by atoms with van der Waals surface area (Å²) >= 11 is 0. The van der Waals surface area contributed by atoms with Crippen molar-refractivity contribution in [2.24, 2.45) is 0 Å². The predicted octanol–water partition coefficient (Wildman–Crippen LogP) is 18.2. The second-order valence-corrected chi connectivity index (χ2v) is 21.1. The van der Waals surface area contributed by atoms with Gasteiger partial charge in [-0.15, -0.1) is 0 Å². The molecule has 0 atom stereocenters. The van der Waals surface area contributed by atoms with Gasteiger partial charge in [-0.05, 0) is 167 Å². The third kappa shape index (κ3) is 5.08. The van der Waals surface area contributed by atoms with E-state index in [-0.39, 0.29) is 16.2 Å². The van der Waals surface area contributed by atoms with Gasteiger partial charge in [0.05, 0.1) is 0 Å². The van der Waals surface area contributed by atoms with Crippen molar-refractivity contribution in [2.75, 3.05) is 0 Å². The van der Waals surface area contributed by atoms with Crippen molar-refractivity contribution < 1.29 is 0 Å². The zero-order chi connectivity index (χ0) is 45.1. The summed E-state index contributed by atoms with van der Waals surface area (Å²) in [4.78, 5) is 0. The molecule has 0 spiro atoms. The summed E-state index contributed by atoms with van der Waals surface area (Å²) in [5.74, 6) is 0. The van der Waals surface area contributed by atoms with Gasteiger partial charge in [0, 0.05) is 16.2 Å². The topological polar surface area (TPSA) is 0 Å². The second kappa shape index (κ2) is 13.3. The molecule has 3 aliphatic carbocycles. The average molecular weight is 855 g/mol. The molecule has 0 nitrogen and oxygen atoms in total. The number of rotatable bonds is 3. The zero-order valence-corrected chi connectivity index (χ0v) is 39.0. The van der Waals surface area contributed by atoms with Crippen molar-refractivity contribution in [3.63, 3.8) is 0 Å². The fourth-order valence-electron chi connectivity index (χ4n) is 13.4. The minimum absolute atomic E-state index is 0.103. The van der Waals surface area contributed by atoms with Gasteiger partial charge in [-0.1, -0.05) is 211 Å². The van der Waals surface area contributed by atoms with E-state index in [1.54, 1.807) is 0 Å². The molecule has 0 saturated heterocycles. The highest BCUT2D eigenvalue weighted by Gasteiger charge is 2.40. The Bertz CT molecular complexity index is 4000. The first kappa shape index (κ1) is 38.7.